The maximum atomic E-state index is 12.8. The zero-order chi connectivity index (χ0) is 14.3. The Kier molecular flexibility index (Phi) is 6.87. The molecule has 1 aromatic rings. The number of carbonyl (C=O) groups is 1. The van der Waals surface area contributed by atoms with Gasteiger partial charge in [0.25, 0.3) is 0 Å². The van der Waals surface area contributed by atoms with Gasteiger partial charge in [0.1, 0.15) is 5.82 Å². The zero-order valence-corrected chi connectivity index (χ0v) is 12.3. The maximum Gasteiger partial charge on any atom is 0.239 e. The van der Waals surface area contributed by atoms with Crippen molar-refractivity contribution in [1.82, 2.24) is 4.90 Å². The zero-order valence-electron chi connectivity index (χ0n) is 11.4. The average molecular weight is 284 g/mol. The number of hydrogen-bond donors (Lipinski definition) is 1. The van der Waals surface area contributed by atoms with Crippen LogP contribution in [0.2, 0.25) is 0 Å². The molecule has 19 heavy (non-hydrogen) atoms. The number of nitrogens with zero attached hydrogens (tertiary/aromatic N) is 1. The summed E-state index contributed by atoms with van der Waals surface area (Å²) in [6.45, 7) is 0.595. The third kappa shape index (κ3) is 5.61. The van der Waals surface area contributed by atoms with Gasteiger partial charge >= 0.3 is 0 Å². The van der Waals surface area contributed by atoms with Gasteiger partial charge in [-0.3, -0.25) is 4.79 Å². The molecule has 106 valence electrons. The van der Waals surface area contributed by atoms with Crippen LogP contribution in [0.3, 0.4) is 0 Å². The lowest BCUT2D eigenvalue weighted by Gasteiger charge is -2.21. The normalized spacial score (nSPS) is 12.2. The molecular weight excluding hydrogens is 263 g/mol. The Morgan fingerprint density at radius 1 is 1.42 bits per heavy atom. The van der Waals surface area contributed by atoms with Gasteiger partial charge in [-0.25, -0.2) is 4.39 Å². The van der Waals surface area contributed by atoms with Gasteiger partial charge in [-0.1, -0.05) is 12.1 Å². The van der Waals surface area contributed by atoms with Gasteiger partial charge in [0.05, 0.1) is 6.04 Å². The summed E-state index contributed by atoms with van der Waals surface area (Å²) < 4.78 is 12.8. The van der Waals surface area contributed by atoms with Crippen molar-refractivity contribution in [1.29, 1.82) is 0 Å². The van der Waals surface area contributed by atoms with Crippen LogP contribution in [-0.4, -0.2) is 42.4 Å². The summed E-state index contributed by atoms with van der Waals surface area (Å²) in [6, 6.07) is 5.91. The number of carbonyl (C=O) groups excluding carboxylic acids is 1. The first kappa shape index (κ1) is 16.0. The Balaban J connectivity index is 2.39. The van der Waals surface area contributed by atoms with Crippen molar-refractivity contribution >= 4 is 17.7 Å². The summed E-state index contributed by atoms with van der Waals surface area (Å²) in [7, 11) is 1.75. The van der Waals surface area contributed by atoms with E-state index < -0.39 is 6.04 Å². The van der Waals surface area contributed by atoms with Crippen LogP contribution in [0.5, 0.6) is 0 Å². The summed E-state index contributed by atoms with van der Waals surface area (Å²) in [4.78, 5) is 13.6. The summed E-state index contributed by atoms with van der Waals surface area (Å²) in [6.07, 6.45) is 3.40. The van der Waals surface area contributed by atoms with Gasteiger partial charge < -0.3 is 10.6 Å². The summed E-state index contributed by atoms with van der Waals surface area (Å²) >= 11 is 1.68. The predicted octanol–water partition coefficient (Wildman–Crippen LogP) is 1.91. The monoisotopic (exact) mass is 284 g/mol. The molecule has 1 aromatic carbocycles. The number of likely N-dealkylation sites (N-methyl/N-ethyl adjacent to an activating group) is 1. The number of rotatable bonds is 7. The fourth-order valence-corrected chi connectivity index (χ4v) is 2.20. The molecule has 0 spiro atoms. The van der Waals surface area contributed by atoms with E-state index in [9.17, 15) is 9.18 Å². The molecule has 0 saturated carbocycles. The van der Waals surface area contributed by atoms with Crippen molar-refractivity contribution in [3.8, 4) is 0 Å². The van der Waals surface area contributed by atoms with Crippen molar-refractivity contribution in [3.63, 3.8) is 0 Å². The minimum Gasteiger partial charge on any atom is -0.344 e. The second-order valence-corrected chi connectivity index (χ2v) is 5.51. The Morgan fingerprint density at radius 3 is 2.63 bits per heavy atom. The largest absolute Gasteiger partial charge is 0.344 e. The second-order valence-electron chi connectivity index (χ2n) is 4.52. The van der Waals surface area contributed by atoms with Crippen LogP contribution < -0.4 is 5.73 Å². The molecule has 0 aliphatic carbocycles. The smallest absolute Gasteiger partial charge is 0.239 e. The second kappa shape index (κ2) is 8.17. The molecule has 0 aromatic heterocycles. The van der Waals surface area contributed by atoms with Crippen molar-refractivity contribution in [3.05, 3.63) is 35.6 Å². The molecule has 2 N–H and O–H groups in total. The SMILES string of the molecule is CSCC[C@H](N)C(=O)N(C)CCc1ccc(F)cc1. The standard InChI is InChI=1S/C14H21FN2OS/c1-17(14(18)13(16)8-10-19-2)9-7-11-3-5-12(15)6-4-11/h3-6,13H,7-10,16H2,1-2H3/t13-/m0/s1. The van der Waals surface area contributed by atoms with E-state index >= 15 is 0 Å². The molecule has 0 fully saturated rings. The molecule has 0 bridgehead atoms. The topological polar surface area (TPSA) is 46.3 Å². The van der Waals surface area contributed by atoms with E-state index in [0.29, 0.717) is 19.4 Å². The van der Waals surface area contributed by atoms with E-state index in [1.54, 1.807) is 35.8 Å². The number of nitrogens with two attached hydrogens (primary N) is 1. The van der Waals surface area contributed by atoms with Crippen LogP contribution in [0.4, 0.5) is 4.39 Å². The molecule has 1 rings (SSSR count). The summed E-state index contributed by atoms with van der Waals surface area (Å²) in [5, 5.41) is 0. The lowest BCUT2D eigenvalue weighted by atomic mass is 10.1. The quantitative estimate of drug-likeness (QED) is 0.832. The summed E-state index contributed by atoms with van der Waals surface area (Å²) in [5.41, 5.74) is 6.85. The molecule has 0 aliphatic rings. The molecule has 0 aliphatic heterocycles. The van der Waals surface area contributed by atoms with E-state index in [4.69, 9.17) is 5.73 Å². The van der Waals surface area contributed by atoms with Gasteiger partial charge in [-0.15, -0.1) is 0 Å². The van der Waals surface area contributed by atoms with Crippen molar-refractivity contribution in [2.24, 2.45) is 5.73 Å². The van der Waals surface area contributed by atoms with Gasteiger partial charge in [-0.2, -0.15) is 11.8 Å². The fourth-order valence-electron chi connectivity index (χ4n) is 1.71. The minimum absolute atomic E-state index is 0.0313. The molecule has 5 heteroatoms. The first-order valence-corrected chi connectivity index (χ1v) is 7.68. The fraction of sp³-hybridized carbons (Fsp3) is 0.500. The van der Waals surface area contributed by atoms with Crippen LogP contribution in [-0.2, 0) is 11.2 Å². The van der Waals surface area contributed by atoms with Crippen LogP contribution in [0.1, 0.15) is 12.0 Å². The van der Waals surface area contributed by atoms with E-state index in [1.807, 2.05) is 6.26 Å². The van der Waals surface area contributed by atoms with Crippen molar-refractivity contribution in [2.75, 3.05) is 25.6 Å². The Bertz CT molecular complexity index is 397. The van der Waals surface area contributed by atoms with Crippen LogP contribution in [0, 0.1) is 5.82 Å². The highest BCUT2D eigenvalue weighted by atomic mass is 32.2. The molecule has 0 unspecified atom stereocenters. The highest BCUT2D eigenvalue weighted by molar-refractivity contribution is 7.98. The first-order valence-electron chi connectivity index (χ1n) is 6.28. The van der Waals surface area contributed by atoms with Gasteiger partial charge in [0.2, 0.25) is 5.91 Å². The van der Waals surface area contributed by atoms with Crippen LogP contribution in [0.25, 0.3) is 0 Å². The highest BCUT2D eigenvalue weighted by Gasteiger charge is 2.17. The van der Waals surface area contributed by atoms with E-state index in [-0.39, 0.29) is 11.7 Å². The molecule has 0 saturated heterocycles. The van der Waals surface area contributed by atoms with E-state index in [1.165, 1.54) is 12.1 Å². The maximum absolute atomic E-state index is 12.8. The molecule has 3 nitrogen and oxygen atoms in total. The lowest BCUT2D eigenvalue weighted by Crippen LogP contribution is -2.42. The van der Waals surface area contributed by atoms with Crippen molar-refractivity contribution < 1.29 is 9.18 Å². The van der Waals surface area contributed by atoms with Crippen LogP contribution in [0.15, 0.2) is 24.3 Å². The molecule has 1 atom stereocenters. The highest BCUT2D eigenvalue weighted by Crippen LogP contribution is 2.06. The Morgan fingerprint density at radius 2 is 2.05 bits per heavy atom. The Hall–Kier alpha value is -1.07. The number of benzene rings is 1. The molecule has 1 amide bonds. The lowest BCUT2D eigenvalue weighted by molar-refractivity contribution is -0.131. The number of hydrogen-bond acceptors (Lipinski definition) is 3. The first-order chi connectivity index (χ1) is 9.04. The van der Waals surface area contributed by atoms with Crippen molar-refractivity contribution in [2.45, 2.75) is 18.9 Å². The molecule has 0 radical (unpaired) electrons. The minimum atomic E-state index is -0.425. The summed E-state index contributed by atoms with van der Waals surface area (Å²) in [5.74, 6) is 0.613. The third-order valence-electron chi connectivity index (χ3n) is 2.98. The third-order valence-corrected chi connectivity index (χ3v) is 3.62. The number of amides is 1. The Labute approximate surface area is 118 Å². The molecular formula is C14H21FN2OS. The van der Waals surface area contributed by atoms with Crippen LogP contribution >= 0.6 is 11.8 Å². The van der Waals surface area contributed by atoms with E-state index in [2.05, 4.69) is 0 Å². The van der Waals surface area contributed by atoms with Gasteiger partial charge in [0, 0.05) is 13.6 Å². The number of thioether (sulfide) groups is 1. The number of halogens is 1. The molecule has 0 heterocycles. The average Bonchev–Trinajstić information content (AvgIpc) is 2.42. The van der Waals surface area contributed by atoms with Gasteiger partial charge in [-0.05, 0) is 42.5 Å². The predicted molar refractivity (Wildman–Crippen MR) is 78.7 cm³/mol. The van der Waals surface area contributed by atoms with Gasteiger partial charge in [0.15, 0.2) is 0 Å². The van der Waals surface area contributed by atoms with E-state index in [0.717, 1.165) is 11.3 Å².